The summed E-state index contributed by atoms with van der Waals surface area (Å²) in [7, 11) is 0. The number of amides is 3. The summed E-state index contributed by atoms with van der Waals surface area (Å²) in [5.74, 6) is -1.23. The maximum atomic E-state index is 13.6. The molecule has 3 heterocycles. The van der Waals surface area contributed by atoms with Gasteiger partial charge in [0.25, 0.3) is 18.2 Å². The van der Waals surface area contributed by atoms with Gasteiger partial charge in [-0.2, -0.15) is 4.98 Å². The lowest BCUT2D eigenvalue weighted by Gasteiger charge is -2.31. The Balaban J connectivity index is 1.07. The molecule has 1 fully saturated rings. The molecule has 1 aliphatic rings. The smallest absolute Gasteiger partial charge is 0.351 e. The molecule has 6 N–H and O–H groups in total. The van der Waals surface area contributed by atoms with Gasteiger partial charge in [-0.25, -0.2) is 13.6 Å². The van der Waals surface area contributed by atoms with E-state index in [1.54, 1.807) is 66.4 Å². The number of aromatic nitrogens is 5. The van der Waals surface area contributed by atoms with Crippen molar-refractivity contribution < 1.29 is 53.1 Å². The number of likely N-dealkylation sites (tertiary alicyclic amines) is 1. The maximum absolute atomic E-state index is 13.6. The fourth-order valence-corrected chi connectivity index (χ4v) is 6.81. The van der Waals surface area contributed by atoms with Gasteiger partial charge in [-0.3, -0.25) is 23.5 Å². The van der Waals surface area contributed by atoms with Crippen LogP contribution in [0.1, 0.15) is 72.3 Å². The summed E-state index contributed by atoms with van der Waals surface area (Å²) in [6.07, 6.45) is -5.06. The standard InChI is InChI=1S/C42H46F2N8O10/c1-4-45-39(58)37-49-48-36(31-19-30(23(2)3)32(55)20-33(31)56)52(37)26-7-11-28(12-8-26)61-27-9-5-25(6-10-27)40(59)50-16-13-24(14-17-50)38(57)46-34-15-18-51(42(60)47-34)41(35(43)44)62-29(21-53)22-54/h5-12,15,18-20,23-24,29,35,41,53-56H,4,13-14,16-17,21-22H2,1-3H3,(H,45,58)(H,46,47,57,60). The van der Waals surface area contributed by atoms with Gasteiger partial charge in [-0.15, -0.1) is 10.2 Å². The molecule has 1 unspecified atom stereocenters. The number of benzene rings is 3. The number of aliphatic hydroxyl groups is 2. The van der Waals surface area contributed by atoms with Crippen LogP contribution in [0, 0.1) is 5.92 Å². The summed E-state index contributed by atoms with van der Waals surface area (Å²) >= 11 is 0. The molecule has 6 rings (SSSR count). The molecule has 0 bridgehead atoms. The molecule has 18 nitrogen and oxygen atoms in total. The molecule has 62 heavy (non-hydrogen) atoms. The Hall–Kier alpha value is -6.77. The van der Waals surface area contributed by atoms with Crippen LogP contribution in [0.3, 0.4) is 0 Å². The number of ether oxygens (including phenoxy) is 2. The highest BCUT2D eigenvalue weighted by Gasteiger charge is 2.31. The molecular weight excluding hydrogens is 815 g/mol. The lowest BCUT2D eigenvalue weighted by Crippen LogP contribution is -2.41. The molecular formula is C42H46F2N8O10. The highest BCUT2D eigenvalue weighted by atomic mass is 19.3. The van der Waals surface area contributed by atoms with Crippen molar-refractivity contribution in [3.05, 3.63) is 100 Å². The number of nitrogens with zero attached hydrogens (tertiary/aromatic N) is 6. The average Bonchev–Trinajstić information content (AvgIpc) is 3.70. The van der Waals surface area contributed by atoms with Gasteiger partial charge in [0.05, 0.1) is 18.8 Å². The second-order valence-electron chi connectivity index (χ2n) is 14.7. The highest BCUT2D eigenvalue weighted by Crippen LogP contribution is 2.38. The normalized spacial score (nSPS) is 13.7. The molecule has 2 aromatic heterocycles. The van der Waals surface area contributed by atoms with E-state index < -0.39 is 55.4 Å². The number of aliphatic hydroxyl groups excluding tert-OH is 2. The van der Waals surface area contributed by atoms with E-state index in [4.69, 9.17) is 9.47 Å². The lowest BCUT2D eigenvalue weighted by atomic mass is 9.95. The van der Waals surface area contributed by atoms with E-state index in [1.165, 1.54) is 10.6 Å². The number of alkyl halides is 2. The van der Waals surface area contributed by atoms with E-state index in [1.807, 2.05) is 13.8 Å². The topological polar surface area (TPSA) is 243 Å². The Kier molecular flexibility index (Phi) is 14.3. The Morgan fingerprint density at radius 1 is 0.903 bits per heavy atom. The predicted molar refractivity (Wildman–Crippen MR) is 219 cm³/mol. The van der Waals surface area contributed by atoms with Crippen molar-refractivity contribution in [3.8, 4) is 40.1 Å². The number of carbonyl (C=O) groups excluding carboxylic acids is 3. The van der Waals surface area contributed by atoms with Crippen LogP contribution in [0.5, 0.6) is 23.0 Å². The van der Waals surface area contributed by atoms with Gasteiger partial charge >= 0.3 is 5.69 Å². The van der Waals surface area contributed by atoms with E-state index in [2.05, 4.69) is 25.8 Å². The first-order chi connectivity index (χ1) is 29.7. The van der Waals surface area contributed by atoms with Gasteiger partial charge < -0.3 is 45.4 Å². The molecule has 5 aromatic rings. The quantitative estimate of drug-likeness (QED) is 0.0817. The van der Waals surface area contributed by atoms with Crippen molar-refractivity contribution in [2.45, 2.75) is 58.3 Å². The van der Waals surface area contributed by atoms with Crippen molar-refractivity contribution >= 4 is 23.5 Å². The summed E-state index contributed by atoms with van der Waals surface area (Å²) in [5, 5.41) is 53.2. The van der Waals surface area contributed by atoms with Crippen LogP contribution in [-0.4, -0.2) is 113 Å². The zero-order valence-corrected chi connectivity index (χ0v) is 33.9. The van der Waals surface area contributed by atoms with Crippen LogP contribution in [0.4, 0.5) is 14.6 Å². The summed E-state index contributed by atoms with van der Waals surface area (Å²) in [6, 6.07) is 17.2. The number of anilines is 1. The van der Waals surface area contributed by atoms with Crippen molar-refractivity contribution in [2.75, 3.05) is 38.2 Å². The number of aromatic hydroxyl groups is 2. The number of hydrogen-bond donors (Lipinski definition) is 6. The first-order valence-electron chi connectivity index (χ1n) is 19.8. The summed E-state index contributed by atoms with van der Waals surface area (Å²) < 4.78 is 40.3. The van der Waals surface area contributed by atoms with E-state index in [-0.39, 0.29) is 59.4 Å². The molecule has 3 amide bonds. The Morgan fingerprint density at radius 2 is 1.55 bits per heavy atom. The minimum absolute atomic E-state index is 0.0190. The van der Waals surface area contributed by atoms with Crippen LogP contribution >= 0.6 is 0 Å². The number of phenolic OH excluding ortho intramolecular Hbond substituents is 2. The largest absolute Gasteiger partial charge is 0.508 e. The average molecular weight is 861 g/mol. The molecule has 0 saturated carbocycles. The molecule has 1 aliphatic heterocycles. The monoisotopic (exact) mass is 860 g/mol. The number of rotatable bonds is 16. The number of nitrogens with one attached hydrogen (secondary N) is 2. The Labute approximate surface area is 353 Å². The Morgan fingerprint density at radius 3 is 2.13 bits per heavy atom. The zero-order valence-electron chi connectivity index (χ0n) is 33.9. The van der Waals surface area contributed by atoms with Crippen molar-refractivity contribution in [1.82, 2.24) is 34.5 Å². The zero-order chi connectivity index (χ0) is 44.7. The van der Waals surface area contributed by atoms with E-state index >= 15 is 0 Å². The van der Waals surface area contributed by atoms with E-state index in [0.717, 1.165) is 12.3 Å². The van der Waals surface area contributed by atoms with Crippen LogP contribution in [0.2, 0.25) is 0 Å². The van der Waals surface area contributed by atoms with Crippen molar-refractivity contribution in [3.63, 3.8) is 0 Å². The van der Waals surface area contributed by atoms with Crippen LogP contribution in [0.15, 0.2) is 77.7 Å². The van der Waals surface area contributed by atoms with Gasteiger partial charge in [0.2, 0.25) is 11.7 Å². The first kappa shape index (κ1) is 44.8. The maximum Gasteiger partial charge on any atom is 0.351 e. The number of phenols is 2. The third-order valence-electron chi connectivity index (χ3n) is 10.1. The lowest BCUT2D eigenvalue weighted by molar-refractivity contribution is -0.153. The van der Waals surface area contributed by atoms with Crippen LogP contribution < -0.4 is 21.1 Å². The van der Waals surface area contributed by atoms with E-state index in [0.29, 0.717) is 52.3 Å². The molecule has 1 atom stereocenters. The van der Waals surface area contributed by atoms with Gasteiger partial charge in [0.1, 0.15) is 34.9 Å². The molecule has 0 radical (unpaired) electrons. The fourth-order valence-electron chi connectivity index (χ4n) is 6.81. The van der Waals surface area contributed by atoms with Gasteiger partial charge in [0.15, 0.2) is 12.1 Å². The van der Waals surface area contributed by atoms with Gasteiger partial charge in [0, 0.05) is 49.1 Å². The SMILES string of the molecule is CCNC(=O)c1nnc(-c2cc(C(C)C)c(O)cc2O)n1-c1ccc(Oc2ccc(C(=O)N3CCC(C(=O)Nc4ccn(C(OC(CO)CO)C(F)F)c(=O)n4)CC3)cc2)cc1. The number of carbonyl (C=O) groups is 3. The molecule has 328 valence electrons. The number of hydrogen-bond acceptors (Lipinski definition) is 13. The van der Waals surface area contributed by atoms with Crippen LogP contribution in [0.25, 0.3) is 17.1 Å². The van der Waals surface area contributed by atoms with E-state index in [9.17, 15) is 48.4 Å². The Bertz CT molecular complexity index is 2430. The molecule has 1 saturated heterocycles. The summed E-state index contributed by atoms with van der Waals surface area (Å²) in [4.78, 5) is 57.2. The predicted octanol–water partition coefficient (Wildman–Crippen LogP) is 4.19. The molecule has 20 heteroatoms. The summed E-state index contributed by atoms with van der Waals surface area (Å²) in [5.41, 5.74) is 0.592. The molecule has 3 aromatic carbocycles. The minimum Gasteiger partial charge on any atom is -0.508 e. The number of piperidine rings is 1. The van der Waals surface area contributed by atoms with Crippen molar-refractivity contribution in [1.29, 1.82) is 0 Å². The molecule has 0 aliphatic carbocycles. The van der Waals surface area contributed by atoms with Crippen molar-refractivity contribution in [2.24, 2.45) is 5.92 Å². The number of halogens is 2. The van der Waals surface area contributed by atoms with Crippen LogP contribution in [-0.2, 0) is 9.53 Å². The second-order valence-corrected chi connectivity index (χ2v) is 14.7. The fraction of sp³-hybridized carbons (Fsp3) is 0.357. The second kappa shape index (κ2) is 19.7. The third-order valence-corrected chi connectivity index (χ3v) is 10.1. The minimum atomic E-state index is -3.19. The first-order valence-corrected chi connectivity index (χ1v) is 19.8. The highest BCUT2D eigenvalue weighted by molar-refractivity contribution is 5.95. The third kappa shape index (κ3) is 10.0. The summed E-state index contributed by atoms with van der Waals surface area (Å²) in [6.45, 7) is 4.93. The van der Waals surface area contributed by atoms with Gasteiger partial charge in [-0.1, -0.05) is 13.8 Å². The molecule has 0 spiro atoms. The van der Waals surface area contributed by atoms with Gasteiger partial charge in [-0.05, 0) is 91.9 Å².